The van der Waals surface area contributed by atoms with Crippen molar-refractivity contribution in [1.29, 1.82) is 0 Å². The highest BCUT2D eigenvalue weighted by Crippen LogP contribution is 2.28. The van der Waals surface area contributed by atoms with E-state index in [1.165, 1.54) is 29.0 Å². The number of aromatic nitrogens is 1. The molecule has 1 amide bonds. The molecule has 3 aromatic rings. The second-order valence-corrected chi connectivity index (χ2v) is 8.41. The van der Waals surface area contributed by atoms with E-state index < -0.39 is 15.7 Å². The van der Waals surface area contributed by atoms with Crippen LogP contribution in [0.1, 0.15) is 22.8 Å². The number of aryl methyl sites for hydroxylation is 1. The number of benzene rings is 2. The van der Waals surface area contributed by atoms with E-state index in [0.29, 0.717) is 5.13 Å². The predicted molar refractivity (Wildman–Crippen MR) is 96.5 cm³/mol. The van der Waals surface area contributed by atoms with Gasteiger partial charge in [0, 0.05) is 6.26 Å². The van der Waals surface area contributed by atoms with Gasteiger partial charge in [-0.05, 0) is 36.2 Å². The summed E-state index contributed by atoms with van der Waals surface area (Å²) in [5.74, 6) is -0.481. The molecule has 0 bridgehead atoms. The van der Waals surface area contributed by atoms with Crippen LogP contribution < -0.4 is 5.32 Å². The van der Waals surface area contributed by atoms with Crippen LogP contribution in [-0.4, -0.2) is 25.6 Å². The monoisotopic (exact) mass is 360 g/mol. The number of hydrogen-bond donors (Lipinski definition) is 1. The number of amides is 1. The lowest BCUT2D eigenvalue weighted by Crippen LogP contribution is -2.15. The van der Waals surface area contributed by atoms with Gasteiger partial charge in [0.1, 0.15) is 0 Å². The minimum Gasteiger partial charge on any atom is -0.298 e. The van der Waals surface area contributed by atoms with Gasteiger partial charge in [0.2, 0.25) is 0 Å². The van der Waals surface area contributed by atoms with Crippen LogP contribution in [-0.2, 0) is 16.3 Å². The number of nitrogens with one attached hydrogen (secondary N) is 1. The first kappa shape index (κ1) is 16.6. The molecule has 0 aliphatic carbocycles. The summed E-state index contributed by atoms with van der Waals surface area (Å²) in [7, 11) is -3.48. The van der Waals surface area contributed by atoms with Crippen LogP contribution in [0, 0.1) is 0 Å². The van der Waals surface area contributed by atoms with Gasteiger partial charge in [0.25, 0.3) is 5.91 Å². The Hall–Kier alpha value is -2.25. The van der Waals surface area contributed by atoms with Crippen molar-refractivity contribution in [2.24, 2.45) is 0 Å². The number of nitrogens with zero attached hydrogens (tertiary/aromatic N) is 1. The zero-order valence-corrected chi connectivity index (χ0v) is 14.9. The zero-order valence-electron chi connectivity index (χ0n) is 13.2. The first-order valence-corrected chi connectivity index (χ1v) is 10.1. The Bertz CT molecular complexity index is 1020. The van der Waals surface area contributed by atoms with Gasteiger partial charge in [0.15, 0.2) is 15.0 Å². The van der Waals surface area contributed by atoms with Crippen molar-refractivity contribution in [1.82, 2.24) is 4.98 Å². The number of carbonyl (C=O) groups excluding carboxylic acids is 1. The number of rotatable bonds is 4. The fraction of sp³-hybridized carbons (Fsp3) is 0.176. The third-order valence-electron chi connectivity index (χ3n) is 3.61. The summed E-state index contributed by atoms with van der Waals surface area (Å²) < 4.78 is 24.6. The molecule has 0 saturated heterocycles. The lowest BCUT2D eigenvalue weighted by Gasteiger charge is -2.06. The van der Waals surface area contributed by atoms with E-state index in [0.717, 1.165) is 22.9 Å². The van der Waals surface area contributed by atoms with Gasteiger partial charge < -0.3 is 0 Å². The quantitative estimate of drug-likeness (QED) is 0.772. The number of anilines is 1. The SMILES string of the molecule is CCc1ccc2nc(NC(=O)c3ccccc3S(C)(=O)=O)sc2c1. The second kappa shape index (κ2) is 6.33. The van der Waals surface area contributed by atoms with Crippen LogP contribution in [0.15, 0.2) is 47.4 Å². The van der Waals surface area contributed by atoms with Gasteiger partial charge in [-0.25, -0.2) is 13.4 Å². The number of carbonyl (C=O) groups is 1. The van der Waals surface area contributed by atoms with E-state index in [2.05, 4.69) is 17.2 Å². The molecule has 1 N–H and O–H groups in total. The topological polar surface area (TPSA) is 76.1 Å². The van der Waals surface area contributed by atoms with Crippen LogP contribution in [0.2, 0.25) is 0 Å². The minimum atomic E-state index is -3.48. The standard InChI is InChI=1S/C17H16N2O3S2/c1-3-11-8-9-13-14(10-11)23-17(18-13)19-16(20)12-6-4-5-7-15(12)24(2,21)22/h4-10H,3H2,1-2H3,(H,18,19,20). The summed E-state index contributed by atoms with van der Waals surface area (Å²) in [5.41, 5.74) is 2.13. The van der Waals surface area contributed by atoms with Crippen molar-refractivity contribution < 1.29 is 13.2 Å². The van der Waals surface area contributed by atoms with Gasteiger partial charge in [-0.2, -0.15) is 0 Å². The Morgan fingerprint density at radius 1 is 1.21 bits per heavy atom. The lowest BCUT2D eigenvalue weighted by atomic mass is 10.2. The highest BCUT2D eigenvalue weighted by Gasteiger charge is 2.19. The van der Waals surface area contributed by atoms with Gasteiger partial charge in [-0.15, -0.1) is 0 Å². The van der Waals surface area contributed by atoms with Crippen molar-refractivity contribution in [3.05, 3.63) is 53.6 Å². The lowest BCUT2D eigenvalue weighted by molar-refractivity contribution is 0.102. The molecule has 0 radical (unpaired) electrons. The molecule has 124 valence electrons. The molecule has 1 aromatic heterocycles. The summed E-state index contributed by atoms with van der Waals surface area (Å²) in [6.07, 6.45) is 2.01. The molecule has 0 atom stereocenters. The van der Waals surface area contributed by atoms with E-state index in [4.69, 9.17) is 0 Å². The molecule has 0 spiro atoms. The third-order valence-corrected chi connectivity index (χ3v) is 5.70. The number of fused-ring (bicyclic) bond motifs is 1. The molecule has 7 heteroatoms. The Labute approximate surface area is 144 Å². The van der Waals surface area contributed by atoms with E-state index in [1.807, 2.05) is 18.2 Å². The molecular weight excluding hydrogens is 344 g/mol. The van der Waals surface area contributed by atoms with Gasteiger partial charge in [-0.3, -0.25) is 10.1 Å². The van der Waals surface area contributed by atoms with Crippen molar-refractivity contribution in [2.75, 3.05) is 11.6 Å². The van der Waals surface area contributed by atoms with Crippen molar-refractivity contribution in [2.45, 2.75) is 18.2 Å². The Kier molecular flexibility index (Phi) is 4.38. The zero-order chi connectivity index (χ0) is 17.3. The predicted octanol–water partition coefficient (Wildman–Crippen LogP) is 3.51. The second-order valence-electron chi connectivity index (χ2n) is 5.40. The minimum absolute atomic E-state index is 0.0110. The van der Waals surface area contributed by atoms with Crippen molar-refractivity contribution in [3.8, 4) is 0 Å². The highest BCUT2D eigenvalue weighted by molar-refractivity contribution is 7.90. The highest BCUT2D eigenvalue weighted by atomic mass is 32.2. The molecule has 2 aromatic carbocycles. The fourth-order valence-electron chi connectivity index (χ4n) is 2.38. The number of sulfone groups is 1. The van der Waals surface area contributed by atoms with E-state index in [9.17, 15) is 13.2 Å². The molecule has 5 nitrogen and oxygen atoms in total. The van der Waals surface area contributed by atoms with Gasteiger partial charge in [-0.1, -0.05) is 36.5 Å². The molecule has 0 fully saturated rings. The van der Waals surface area contributed by atoms with Crippen LogP contribution in [0.3, 0.4) is 0 Å². The molecule has 0 aliphatic rings. The maximum absolute atomic E-state index is 12.5. The first-order valence-electron chi connectivity index (χ1n) is 7.38. The van der Waals surface area contributed by atoms with Crippen molar-refractivity contribution in [3.63, 3.8) is 0 Å². The third kappa shape index (κ3) is 3.32. The smallest absolute Gasteiger partial charge is 0.258 e. The number of hydrogen-bond acceptors (Lipinski definition) is 5. The average molecular weight is 360 g/mol. The molecule has 0 aliphatic heterocycles. The van der Waals surface area contributed by atoms with Crippen LogP contribution >= 0.6 is 11.3 Å². The summed E-state index contributed by atoms with van der Waals surface area (Å²) in [6.45, 7) is 2.08. The van der Waals surface area contributed by atoms with Crippen LogP contribution in [0.25, 0.3) is 10.2 Å². The summed E-state index contributed by atoms with van der Waals surface area (Å²) in [6, 6.07) is 12.1. The summed E-state index contributed by atoms with van der Waals surface area (Å²) in [4.78, 5) is 16.9. The maximum atomic E-state index is 12.5. The Morgan fingerprint density at radius 3 is 2.67 bits per heavy atom. The number of thiazole rings is 1. The molecule has 0 unspecified atom stereocenters. The van der Waals surface area contributed by atoms with Crippen molar-refractivity contribution >= 4 is 42.4 Å². The molecule has 24 heavy (non-hydrogen) atoms. The van der Waals surface area contributed by atoms with Gasteiger partial charge in [0.05, 0.1) is 20.7 Å². The fourth-order valence-corrected chi connectivity index (χ4v) is 4.19. The van der Waals surface area contributed by atoms with Gasteiger partial charge >= 0.3 is 0 Å². The van der Waals surface area contributed by atoms with E-state index in [-0.39, 0.29) is 10.5 Å². The van der Waals surface area contributed by atoms with Crippen LogP contribution in [0.4, 0.5) is 5.13 Å². The van der Waals surface area contributed by atoms with E-state index >= 15 is 0 Å². The molecule has 1 heterocycles. The summed E-state index contributed by atoms with van der Waals surface area (Å²) >= 11 is 1.37. The van der Waals surface area contributed by atoms with E-state index in [1.54, 1.807) is 12.1 Å². The summed E-state index contributed by atoms with van der Waals surface area (Å²) in [5, 5.41) is 3.15. The molecular formula is C17H16N2O3S2. The molecule has 0 saturated carbocycles. The Balaban J connectivity index is 1.93. The maximum Gasteiger partial charge on any atom is 0.258 e. The first-order chi connectivity index (χ1) is 11.4. The molecule has 3 rings (SSSR count). The normalized spacial score (nSPS) is 11.6. The average Bonchev–Trinajstić information content (AvgIpc) is 2.95. The Morgan fingerprint density at radius 2 is 1.96 bits per heavy atom. The largest absolute Gasteiger partial charge is 0.298 e. The van der Waals surface area contributed by atoms with Crippen LogP contribution in [0.5, 0.6) is 0 Å².